The molecule has 2 rings (SSSR count). The molecule has 1 amide bonds. The molecule has 0 atom stereocenters. The summed E-state index contributed by atoms with van der Waals surface area (Å²) in [5, 5.41) is 2.84. The van der Waals surface area contributed by atoms with Gasteiger partial charge in [0, 0.05) is 37.0 Å². The third-order valence-electron chi connectivity index (χ3n) is 3.45. The summed E-state index contributed by atoms with van der Waals surface area (Å²) in [6, 6.07) is 16.9. The van der Waals surface area contributed by atoms with Gasteiger partial charge in [0.1, 0.15) is 0 Å². The standard InChI is InChI=1S/C18H20N2O2/c1-14(21)15-8-10-16(11-9-15)19-18(22)12-13-20(2)17-6-4-3-5-7-17/h3-11H,12-13H2,1-2H3,(H,19,22). The summed E-state index contributed by atoms with van der Waals surface area (Å²) in [5.41, 5.74) is 2.43. The first kappa shape index (κ1) is 15.8. The van der Waals surface area contributed by atoms with Crippen LogP contribution in [0.5, 0.6) is 0 Å². The van der Waals surface area contributed by atoms with Crippen LogP contribution in [0, 0.1) is 0 Å². The van der Waals surface area contributed by atoms with Gasteiger partial charge in [-0.1, -0.05) is 18.2 Å². The molecular formula is C18H20N2O2. The van der Waals surface area contributed by atoms with E-state index in [4.69, 9.17) is 0 Å². The van der Waals surface area contributed by atoms with Crippen molar-refractivity contribution >= 4 is 23.1 Å². The highest BCUT2D eigenvalue weighted by molar-refractivity contribution is 5.95. The fourth-order valence-electron chi connectivity index (χ4n) is 2.09. The van der Waals surface area contributed by atoms with Crippen molar-refractivity contribution in [3.63, 3.8) is 0 Å². The monoisotopic (exact) mass is 296 g/mol. The van der Waals surface area contributed by atoms with Crippen LogP contribution in [0.4, 0.5) is 11.4 Å². The van der Waals surface area contributed by atoms with Crippen LogP contribution >= 0.6 is 0 Å². The maximum atomic E-state index is 12.0. The Hall–Kier alpha value is -2.62. The van der Waals surface area contributed by atoms with Crippen molar-refractivity contribution in [3.05, 3.63) is 60.2 Å². The summed E-state index contributed by atoms with van der Waals surface area (Å²) >= 11 is 0. The first-order chi connectivity index (χ1) is 10.6. The van der Waals surface area contributed by atoms with Gasteiger partial charge in [-0.3, -0.25) is 9.59 Å². The molecule has 0 saturated carbocycles. The van der Waals surface area contributed by atoms with Crippen molar-refractivity contribution in [1.82, 2.24) is 0 Å². The van der Waals surface area contributed by atoms with Crippen LogP contribution in [0.25, 0.3) is 0 Å². The highest BCUT2D eigenvalue weighted by atomic mass is 16.1. The van der Waals surface area contributed by atoms with E-state index in [1.807, 2.05) is 42.3 Å². The van der Waals surface area contributed by atoms with Gasteiger partial charge in [-0.15, -0.1) is 0 Å². The topological polar surface area (TPSA) is 49.4 Å². The molecule has 0 fully saturated rings. The van der Waals surface area contributed by atoms with Crippen LogP contribution in [0.15, 0.2) is 54.6 Å². The Morgan fingerprint density at radius 1 is 1.00 bits per heavy atom. The van der Waals surface area contributed by atoms with Crippen molar-refractivity contribution in [2.24, 2.45) is 0 Å². The van der Waals surface area contributed by atoms with Crippen LogP contribution in [0.2, 0.25) is 0 Å². The van der Waals surface area contributed by atoms with E-state index in [1.54, 1.807) is 24.3 Å². The smallest absolute Gasteiger partial charge is 0.226 e. The summed E-state index contributed by atoms with van der Waals surface area (Å²) in [6.45, 7) is 2.16. The zero-order valence-electron chi connectivity index (χ0n) is 12.9. The molecule has 2 aromatic rings. The second-order valence-electron chi connectivity index (χ2n) is 5.19. The molecule has 0 spiro atoms. The molecule has 0 saturated heterocycles. The number of carbonyl (C=O) groups is 2. The fraction of sp³-hybridized carbons (Fsp3) is 0.222. The Balaban J connectivity index is 1.84. The summed E-state index contributed by atoms with van der Waals surface area (Å²) in [5.74, 6) is -0.0271. The lowest BCUT2D eigenvalue weighted by Gasteiger charge is -2.18. The molecule has 0 aromatic heterocycles. The number of nitrogens with one attached hydrogen (secondary N) is 1. The van der Waals surface area contributed by atoms with Crippen LogP contribution in [0.3, 0.4) is 0 Å². The number of nitrogens with zero attached hydrogens (tertiary/aromatic N) is 1. The lowest BCUT2D eigenvalue weighted by molar-refractivity contribution is -0.116. The third kappa shape index (κ3) is 4.45. The lowest BCUT2D eigenvalue weighted by atomic mass is 10.1. The number of carbonyl (C=O) groups excluding carboxylic acids is 2. The molecule has 22 heavy (non-hydrogen) atoms. The summed E-state index contributed by atoms with van der Waals surface area (Å²) < 4.78 is 0. The molecule has 0 radical (unpaired) electrons. The van der Waals surface area contributed by atoms with E-state index in [-0.39, 0.29) is 11.7 Å². The summed E-state index contributed by atoms with van der Waals surface area (Å²) in [6.07, 6.45) is 0.403. The van der Waals surface area contributed by atoms with Crippen molar-refractivity contribution in [2.75, 3.05) is 23.8 Å². The number of hydrogen-bond acceptors (Lipinski definition) is 3. The molecule has 4 heteroatoms. The SMILES string of the molecule is CC(=O)c1ccc(NC(=O)CCN(C)c2ccccc2)cc1. The van der Waals surface area contributed by atoms with Crippen LogP contribution in [-0.4, -0.2) is 25.3 Å². The minimum absolute atomic E-state index is 0.0161. The van der Waals surface area contributed by atoms with Gasteiger partial charge in [0.25, 0.3) is 0 Å². The Kier molecular flexibility index (Phi) is 5.31. The van der Waals surface area contributed by atoms with E-state index < -0.39 is 0 Å². The zero-order valence-corrected chi connectivity index (χ0v) is 12.9. The molecular weight excluding hydrogens is 276 g/mol. The molecule has 0 heterocycles. The van der Waals surface area contributed by atoms with E-state index in [1.165, 1.54) is 6.92 Å². The maximum absolute atomic E-state index is 12.0. The van der Waals surface area contributed by atoms with E-state index in [9.17, 15) is 9.59 Å². The molecule has 0 aliphatic rings. The Labute approximate surface area is 130 Å². The molecule has 114 valence electrons. The highest BCUT2D eigenvalue weighted by Crippen LogP contribution is 2.13. The van der Waals surface area contributed by atoms with Crippen molar-refractivity contribution in [3.8, 4) is 0 Å². The first-order valence-corrected chi connectivity index (χ1v) is 7.23. The van der Waals surface area contributed by atoms with E-state index in [2.05, 4.69) is 5.32 Å². The number of amides is 1. The highest BCUT2D eigenvalue weighted by Gasteiger charge is 2.06. The average Bonchev–Trinajstić information content (AvgIpc) is 2.54. The predicted molar refractivity (Wildman–Crippen MR) is 89.4 cm³/mol. The van der Waals surface area contributed by atoms with E-state index >= 15 is 0 Å². The van der Waals surface area contributed by atoms with Gasteiger partial charge in [-0.2, -0.15) is 0 Å². The van der Waals surface area contributed by atoms with E-state index in [0.717, 1.165) is 5.69 Å². The number of anilines is 2. The molecule has 1 N–H and O–H groups in total. The van der Waals surface area contributed by atoms with Gasteiger partial charge in [0.15, 0.2) is 5.78 Å². The fourth-order valence-corrected chi connectivity index (χ4v) is 2.09. The first-order valence-electron chi connectivity index (χ1n) is 7.23. The van der Waals surface area contributed by atoms with Gasteiger partial charge >= 0.3 is 0 Å². The quantitative estimate of drug-likeness (QED) is 0.832. The van der Waals surface area contributed by atoms with Gasteiger partial charge in [0.05, 0.1) is 0 Å². The predicted octanol–water partition coefficient (Wildman–Crippen LogP) is 3.35. The van der Waals surface area contributed by atoms with Gasteiger partial charge in [0.2, 0.25) is 5.91 Å². The molecule has 2 aromatic carbocycles. The number of ketones is 1. The Morgan fingerprint density at radius 3 is 2.23 bits per heavy atom. The normalized spacial score (nSPS) is 10.1. The van der Waals surface area contributed by atoms with Gasteiger partial charge in [-0.25, -0.2) is 0 Å². The van der Waals surface area contributed by atoms with E-state index in [0.29, 0.717) is 24.2 Å². The summed E-state index contributed by atoms with van der Waals surface area (Å²) in [4.78, 5) is 25.2. The summed E-state index contributed by atoms with van der Waals surface area (Å²) in [7, 11) is 1.96. The van der Waals surface area contributed by atoms with Crippen molar-refractivity contribution in [2.45, 2.75) is 13.3 Å². The van der Waals surface area contributed by atoms with Crippen LogP contribution in [-0.2, 0) is 4.79 Å². The second-order valence-corrected chi connectivity index (χ2v) is 5.19. The Morgan fingerprint density at radius 2 is 1.64 bits per heavy atom. The van der Waals surface area contributed by atoms with Gasteiger partial charge in [-0.05, 0) is 43.3 Å². The van der Waals surface area contributed by atoms with Gasteiger partial charge < -0.3 is 10.2 Å². The lowest BCUT2D eigenvalue weighted by Crippen LogP contribution is -2.23. The largest absolute Gasteiger partial charge is 0.374 e. The minimum atomic E-state index is -0.0432. The Bertz CT molecular complexity index is 636. The minimum Gasteiger partial charge on any atom is -0.374 e. The molecule has 4 nitrogen and oxygen atoms in total. The van der Waals surface area contributed by atoms with Crippen molar-refractivity contribution < 1.29 is 9.59 Å². The number of hydrogen-bond donors (Lipinski definition) is 1. The second kappa shape index (κ2) is 7.41. The van der Waals surface area contributed by atoms with Crippen LogP contribution in [0.1, 0.15) is 23.7 Å². The molecule has 0 unspecified atom stereocenters. The zero-order chi connectivity index (χ0) is 15.9. The number of para-hydroxylation sites is 1. The van der Waals surface area contributed by atoms with Crippen LogP contribution < -0.4 is 10.2 Å². The number of Topliss-reactive ketones (excluding diaryl/α,β-unsaturated/α-hetero) is 1. The molecule has 0 aliphatic heterocycles. The maximum Gasteiger partial charge on any atom is 0.226 e. The number of rotatable bonds is 6. The average molecular weight is 296 g/mol. The molecule has 0 aliphatic carbocycles. The third-order valence-corrected chi connectivity index (χ3v) is 3.45. The molecule has 0 bridgehead atoms. The van der Waals surface area contributed by atoms with Crippen molar-refractivity contribution in [1.29, 1.82) is 0 Å². The number of benzene rings is 2.